The Hall–Kier alpha value is -3.09. The van der Waals surface area contributed by atoms with Crippen molar-refractivity contribution in [1.29, 1.82) is 5.41 Å². The van der Waals surface area contributed by atoms with E-state index in [9.17, 15) is 31.4 Å². The van der Waals surface area contributed by atoms with Crippen LogP contribution in [0.3, 0.4) is 0 Å². The van der Waals surface area contributed by atoms with Crippen LogP contribution in [-0.4, -0.2) is 28.1 Å². The molecular weight excluding hydrogens is 510 g/mol. The van der Waals surface area contributed by atoms with Gasteiger partial charge >= 0.3 is 12.4 Å². The third-order valence-corrected chi connectivity index (χ3v) is 7.22. The molecule has 1 aliphatic carbocycles. The fourth-order valence-electron chi connectivity index (χ4n) is 4.45. The maximum absolute atomic E-state index is 13.7. The minimum atomic E-state index is -4.97. The molecule has 0 radical (unpaired) electrons. The van der Waals surface area contributed by atoms with E-state index in [4.69, 9.17) is 10.1 Å². The molecule has 0 aliphatic heterocycles. The lowest BCUT2D eigenvalue weighted by atomic mass is 9.81. The SMILES string of the molecule is CC1(N(COc2nc(C(F)(F)F)c(C(=N)[O-])s2)c2cc(C(F)(F)F)nc3ccccc23)CCCCC1. The Morgan fingerprint density at radius 2 is 1.75 bits per heavy atom. The second kappa shape index (κ2) is 9.41. The van der Waals surface area contributed by atoms with Crippen LogP contribution in [0, 0.1) is 5.41 Å². The third-order valence-electron chi connectivity index (χ3n) is 6.26. The average molecular weight is 532 g/mol. The lowest BCUT2D eigenvalue weighted by Gasteiger charge is -2.45. The zero-order chi connectivity index (χ0) is 26.3. The minimum absolute atomic E-state index is 0.113. The van der Waals surface area contributed by atoms with Crippen molar-refractivity contribution in [2.24, 2.45) is 0 Å². The number of fused-ring (bicyclic) bond motifs is 1. The second-order valence-electron chi connectivity index (χ2n) is 8.78. The lowest BCUT2D eigenvalue weighted by Crippen LogP contribution is -2.50. The number of benzene rings is 1. The van der Waals surface area contributed by atoms with Crippen molar-refractivity contribution in [2.45, 2.75) is 56.9 Å². The predicted molar refractivity (Wildman–Crippen MR) is 120 cm³/mol. The summed E-state index contributed by atoms with van der Waals surface area (Å²) in [4.78, 5) is 7.82. The highest BCUT2D eigenvalue weighted by atomic mass is 32.1. The fourth-order valence-corrected chi connectivity index (χ4v) is 5.23. The number of ether oxygens (including phenoxy) is 1. The molecule has 2 heterocycles. The standard InChI is InChI=1S/C23H22F6N4O2S/c1-21(9-5-2-6-10-21)33(12-35-20-32-18(23(27,28)29)17(36-20)19(30)34)15-11-16(22(24,25)26)31-14-8-4-3-7-13(14)15/h3-4,7-8,11H,2,5-6,9-10,12H2,1H3,(H2,30,34)/p-1. The van der Waals surface area contributed by atoms with Gasteiger partial charge in [-0.2, -0.15) is 31.3 Å². The number of alkyl halides is 6. The molecule has 1 saturated carbocycles. The van der Waals surface area contributed by atoms with Gasteiger partial charge in [0.15, 0.2) is 12.4 Å². The summed E-state index contributed by atoms with van der Waals surface area (Å²) >= 11 is 0.279. The molecule has 1 N–H and O–H groups in total. The molecule has 0 saturated heterocycles. The van der Waals surface area contributed by atoms with Gasteiger partial charge in [0.2, 0.25) is 0 Å². The Balaban J connectivity index is 1.80. The molecule has 6 nitrogen and oxygen atoms in total. The van der Waals surface area contributed by atoms with Crippen molar-refractivity contribution in [2.75, 3.05) is 11.6 Å². The minimum Gasteiger partial charge on any atom is -0.858 e. The number of hydrogen-bond acceptors (Lipinski definition) is 7. The monoisotopic (exact) mass is 531 g/mol. The maximum atomic E-state index is 13.7. The van der Waals surface area contributed by atoms with E-state index < -0.39 is 52.0 Å². The van der Waals surface area contributed by atoms with E-state index >= 15 is 0 Å². The Kier molecular flexibility index (Phi) is 6.80. The molecule has 1 aromatic carbocycles. The summed E-state index contributed by atoms with van der Waals surface area (Å²) in [5.41, 5.74) is -2.99. The van der Waals surface area contributed by atoms with Gasteiger partial charge in [0, 0.05) is 10.9 Å². The number of para-hydroxylation sites is 1. The fraction of sp³-hybridized carbons (Fsp3) is 0.435. The zero-order valence-corrected chi connectivity index (χ0v) is 19.8. The van der Waals surface area contributed by atoms with Gasteiger partial charge in [0.25, 0.3) is 5.19 Å². The number of halogens is 6. The first-order valence-corrected chi connectivity index (χ1v) is 11.8. The van der Waals surface area contributed by atoms with Gasteiger partial charge in [0.1, 0.15) is 5.69 Å². The highest BCUT2D eigenvalue weighted by molar-refractivity contribution is 7.15. The van der Waals surface area contributed by atoms with Gasteiger partial charge in [-0.15, -0.1) is 0 Å². The number of rotatable bonds is 6. The number of anilines is 1. The quantitative estimate of drug-likeness (QED) is 0.183. The molecule has 3 aromatic rings. The van der Waals surface area contributed by atoms with Crippen LogP contribution in [0.1, 0.15) is 55.3 Å². The van der Waals surface area contributed by atoms with Crippen LogP contribution >= 0.6 is 11.3 Å². The van der Waals surface area contributed by atoms with Crippen LogP contribution in [0.25, 0.3) is 10.9 Å². The molecule has 2 aromatic heterocycles. The first-order chi connectivity index (χ1) is 16.8. The summed E-state index contributed by atoms with van der Waals surface area (Å²) in [6.45, 7) is 1.46. The van der Waals surface area contributed by atoms with Gasteiger partial charge in [-0.1, -0.05) is 48.8 Å². The molecular formula is C23H21F6N4O2S-. The van der Waals surface area contributed by atoms with E-state index in [2.05, 4.69) is 9.97 Å². The van der Waals surface area contributed by atoms with E-state index in [-0.39, 0.29) is 22.5 Å². The van der Waals surface area contributed by atoms with Gasteiger partial charge in [-0.25, -0.2) is 4.98 Å². The van der Waals surface area contributed by atoms with Crippen LogP contribution in [0.2, 0.25) is 0 Å². The first-order valence-electron chi connectivity index (χ1n) is 11.0. The number of pyridine rings is 1. The average Bonchev–Trinajstić information content (AvgIpc) is 3.24. The Bertz CT molecular complexity index is 1270. The number of nitrogens with one attached hydrogen (secondary N) is 1. The lowest BCUT2D eigenvalue weighted by molar-refractivity contribution is -0.215. The van der Waals surface area contributed by atoms with E-state index in [1.807, 2.05) is 6.92 Å². The molecule has 0 atom stereocenters. The Labute approximate surface area is 206 Å². The summed E-state index contributed by atoms with van der Waals surface area (Å²) in [6.07, 6.45) is -5.87. The molecule has 4 rings (SSSR count). The number of nitrogens with zero attached hydrogens (tertiary/aromatic N) is 3. The number of thiazole rings is 1. The summed E-state index contributed by atoms with van der Waals surface area (Å²) in [7, 11) is 0. The van der Waals surface area contributed by atoms with Crippen molar-refractivity contribution in [3.63, 3.8) is 0 Å². The summed E-state index contributed by atoms with van der Waals surface area (Å²) < 4.78 is 86.6. The smallest absolute Gasteiger partial charge is 0.434 e. The highest BCUT2D eigenvalue weighted by Gasteiger charge is 2.40. The largest absolute Gasteiger partial charge is 0.858 e. The normalized spacial score (nSPS) is 16.2. The van der Waals surface area contributed by atoms with Crippen molar-refractivity contribution in [1.82, 2.24) is 9.97 Å². The molecule has 0 spiro atoms. The zero-order valence-electron chi connectivity index (χ0n) is 19.0. The van der Waals surface area contributed by atoms with Crippen molar-refractivity contribution < 1.29 is 36.2 Å². The molecule has 1 fully saturated rings. The van der Waals surface area contributed by atoms with Gasteiger partial charge in [-0.3, -0.25) is 0 Å². The molecule has 0 amide bonds. The molecule has 36 heavy (non-hydrogen) atoms. The van der Waals surface area contributed by atoms with Crippen molar-refractivity contribution in [3.05, 3.63) is 46.6 Å². The number of hydrogen-bond donors (Lipinski definition) is 1. The molecule has 0 bridgehead atoms. The van der Waals surface area contributed by atoms with Crippen molar-refractivity contribution in [3.8, 4) is 5.19 Å². The third kappa shape index (κ3) is 5.20. The van der Waals surface area contributed by atoms with E-state index in [0.717, 1.165) is 25.3 Å². The maximum Gasteiger partial charge on any atom is 0.434 e. The molecule has 13 heteroatoms. The highest BCUT2D eigenvalue weighted by Crippen LogP contribution is 2.42. The van der Waals surface area contributed by atoms with Crippen LogP contribution in [0.5, 0.6) is 5.19 Å². The van der Waals surface area contributed by atoms with Gasteiger partial charge < -0.3 is 20.2 Å². The molecule has 1 aliphatic rings. The van der Waals surface area contributed by atoms with Crippen LogP contribution < -0.4 is 14.7 Å². The first kappa shape index (κ1) is 26.0. The summed E-state index contributed by atoms with van der Waals surface area (Å²) in [6, 6.07) is 7.23. The molecule has 0 unspecified atom stereocenters. The predicted octanol–water partition coefficient (Wildman–Crippen LogP) is 5.98. The van der Waals surface area contributed by atoms with E-state index in [1.54, 1.807) is 23.1 Å². The molecule has 194 valence electrons. The van der Waals surface area contributed by atoms with Crippen LogP contribution in [-0.2, 0) is 12.4 Å². The van der Waals surface area contributed by atoms with Gasteiger partial charge in [-0.05, 0) is 37.8 Å². The van der Waals surface area contributed by atoms with Crippen molar-refractivity contribution >= 4 is 33.8 Å². The number of aromatic nitrogens is 2. The summed E-state index contributed by atoms with van der Waals surface area (Å²) in [5, 5.41) is 18.5. The van der Waals surface area contributed by atoms with Gasteiger partial charge in [0.05, 0.1) is 16.1 Å². The van der Waals surface area contributed by atoms with E-state index in [1.165, 1.54) is 6.07 Å². The summed E-state index contributed by atoms with van der Waals surface area (Å²) in [5.74, 6) is -1.55. The Morgan fingerprint density at radius 3 is 2.33 bits per heavy atom. The van der Waals surface area contributed by atoms with E-state index in [0.29, 0.717) is 18.2 Å². The second-order valence-corrected chi connectivity index (χ2v) is 9.75. The van der Waals surface area contributed by atoms with Crippen LogP contribution in [0.15, 0.2) is 30.3 Å². The Morgan fingerprint density at radius 1 is 1.08 bits per heavy atom. The topological polar surface area (TPSA) is 85.2 Å². The van der Waals surface area contributed by atoms with Crippen LogP contribution in [0.4, 0.5) is 32.0 Å².